The molecular formula is C14H17N5O2. The van der Waals surface area contributed by atoms with Gasteiger partial charge in [0.2, 0.25) is 0 Å². The molecule has 7 nitrogen and oxygen atoms in total. The van der Waals surface area contributed by atoms with Crippen LogP contribution >= 0.6 is 0 Å². The van der Waals surface area contributed by atoms with Crippen LogP contribution in [0.5, 0.6) is 0 Å². The number of nitrogen functional groups attached to an aromatic ring is 1. The third kappa shape index (κ3) is 3.90. The minimum atomic E-state index is -0.434. The predicted molar refractivity (Wildman–Crippen MR) is 82.1 cm³/mol. The number of nitro benzene ring substituents is 1. The fraction of sp³-hybridized carbons (Fsp3) is 0.214. The second-order valence-electron chi connectivity index (χ2n) is 4.63. The standard InChI is InChI=1S/C14H17N5O2/c1-18(7-5-11-4-2-3-6-16-11)13-8-12(17-15)9-14(10-13)19(20)21/h2-4,6,8-10,17H,5,7,15H2,1H3. The monoisotopic (exact) mass is 287 g/mol. The van der Waals surface area contributed by atoms with E-state index >= 15 is 0 Å². The first-order valence-electron chi connectivity index (χ1n) is 6.47. The van der Waals surface area contributed by atoms with E-state index in [1.54, 1.807) is 12.3 Å². The summed E-state index contributed by atoms with van der Waals surface area (Å²) >= 11 is 0. The predicted octanol–water partition coefficient (Wildman–Crippen LogP) is 1.95. The van der Waals surface area contributed by atoms with Crippen LogP contribution in [0.4, 0.5) is 17.1 Å². The molecule has 0 spiro atoms. The highest BCUT2D eigenvalue weighted by Gasteiger charge is 2.12. The highest BCUT2D eigenvalue weighted by atomic mass is 16.6. The third-order valence-corrected chi connectivity index (χ3v) is 3.15. The van der Waals surface area contributed by atoms with E-state index < -0.39 is 4.92 Å². The van der Waals surface area contributed by atoms with Gasteiger partial charge in [0.15, 0.2) is 0 Å². The smallest absolute Gasteiger partial charge is 0.273 e. The lowest BCUT2D eigenvalue weighted by Crippen LogP contribution is -2.21. The number of hydrogen-bond acceptors (Lipinski definition) is 6. The number of non-ortho nitro benzene ring substituents is 1. The number of likely N-dealkylation sites (N-methyl/N-ethyl adjacent to an activating group) is 1. The van der Waals surface area contributed by atoms with Gasteiger partial charge in [0.25, 0.3) is 5.69 Å². The van der Waals surface area contributed by atoms with E-state index in [0.29, 0.717) is 12.2 Å². The van der Waals surface area contributed by atoms with Crippen LogP contribution < -0.4 is 16.2 Å². The molecule has 1 aromatic carbocycles. The van der Waals surface area contributed by atoms with Gasteiger partial charge < -0.3 is 10.3 Å². The molecule has 2 aromatic rings. The van der Waals surface area contributed by atoms with Crippen molar-refractivity contribution in [2.45, 2.75) is 6.42 Å². The molecule has 21 heavy (non-hydrogen) atoms. The summed E-state index contributed by atoms with van der Waals surface area (Å²) in [6.45, 7) is 0.697. The summed E-state index contributed by atoms with van der Waals surface area (Å²) in [6, 6.07) is 10.5. The second kappa shape index (κ2) is 6.67. The molecule has 0 unspecified atom stereocenters. The molecule has 0 aliphatic carbocycles. The Bertz CT molecular complexity index is 618. The molecule has 3 N–H and O–H groups in total. The van der Waals surface area contributed by atoms with Crippen molar-refractivity contribution in [1.82, 2.24) is 4.98 Å². The number of hydrogen-bond donors (Lipinski definition) is 2. The maximum absolute atomic E-state index is 10.9. The first-order chi connectivity index (χ1) is 10.1. The zero-order valence-corrected chi connectivity index (χ0v) is 11.7. The highest BCUT2D eigenvalue weighted by molar-refractivity contribution is 5.63. The number of anilines is 2. The molecule has 1 heterocycles. The van der Waals surface area contributed by atoms with Gasteiger partial charge in [-0.15, -0.1) is 0 Å². The number of rotatable bonds is 6. The number of pyridine rings is 1. The zero-order valence-electron chi connectivity index (χ0n) is 11.7. The number of nitro groups is 1. The van der Waals surface area contributed by atoms with Crippen LogP contribution in [0.25, 0.3) is 0 Å². The average molecular weight is 287 g/mol. The third-order valence-electron chi connectivity index (χ3n) is 3.15. The molecule has 0 bridgehead atoms. The number of nitrogens with two attached hydrogens (primary N) is 1. The van der Waals surface area contributed by atoms with Gasteiger partial charge in [-0.25, -0.2) is 0 Å². The van der Waals surface area contributed by atoms with Gasteiger partial charge in [-0.1, -0.05) is 6.07 Å². The average Bonchev–Trinajstić information content (AvgIpc) is 2.53. The van der Waals surface area contributed by atoms with Crippen molar-refractivity contribution in [2.75, 3.05) is 23.9 Å². The SMILES string of the molecule is CN(CCc1ccccn1)c1cc(NN)cc([N+](=O)[O-])c1. The van der Waals surface area contributed by atoms with Gasteiger partial charge >= 0.3 is 0 Å². The van der Waals surface area contributed by atoms with Gasteiger partial charge in [-0.3, -0.25) is 20.9 Å². The van der Waals surface area contributed by atoms with E-state index in [4.69, 9.17) is 5.84 Å². The van der Waals surface area contributed by atoms with Gasteiger partial charge in [0.1, 0.15) is 0 Å². The first kappa shape index (κ1) is 14.7. The van der Waals surface area contributed by atoms with Crippen molar-refractivity contribution >= 4 is 17.1 Å². The molecule has 0 atom stereocenters. The van der Waals surface area contributed by atoms with Crippen molar-refractivity contribution in [3.05, 3.63) is 58.4 Å². The van der Waals surface area contributed by atoms with Crippen molar-refractivity contribution in [3.8, 4) is 0 Å². The molecule has 2 rings (SSSR count). The van der Waals surface area contributed by atoms with Crippen molar-refractivity contribution < 1.29 is 4.92 Å². The Hall–Kier alpha value is -2.67. The van der Waals surface area contributed by atoms with Crippen molar-refractivity contribution in [1.29, 1.82) is 0 Å². The Morgan fingerprint density at radius 3 is 2.81 bits per heavy atom. The van der Waals surface area contributed by atoms with Crippen LogP contribution in [0.2, 0.25) is 0 Å². The summed E-state index contributed by atoms with van der Waals surface area (Å²) < 4.78 is 0. The molecule has 7 heteroatoms. The number of benzene rings is 1. The molecule has 0 aliphatic rings. The maximum atomic E-state index is 10.9. The number of nitrogens with zero attached hydrogens (tertiary/aromatic N) is 3. The summed E-state index contributed by atoms with van der Waals surface area (Å²) in [5.74, 6) is 5.35. The van der Waals surface area contributed by atoms with E-state index in [9.17, 15) is 10.1 Å². The van der Waals surface area contributed by atoms with Crippen LogP contribution in [0, 0.1) is 10.1 Å². The normalized spacial score (nSPS) is 10.2. The van der Waals surface area contributed by atoms with Crippen molar-refractivity contribution in [2.24, 2.45) is 5.84 Å². The van der Waals surface area contributed by atoms with E-state index in [1.165, 1.54) is 12.1 Å². The van der Waals surface area contributed by atoms with Crippen LogP contribution in [-0.2, 0) is 6.42 Å². The summed E-state index contributed by atoms with van der Waals surface area (Å²) in [4.78, 5) is 16.7. The molecule has 0 aliphatic heterocycles. The summed E-state index contributed by atoms with van der Waals surface area (Å²) in [5, 5.41) is 10.9. The Balaban J connectivity index is 2.12. The van der Waals surface area contributed by atoms with Gasteiger partial charge in [0.05, 0.1) is 10.6 Å². The van der Waals surface area contributed by atoms with Crippen LogP contribution in [0.1, 0.15) is 5.69 Å². The maximum Gasteiger partial charge on any atom is 0.273 e. The Morgan fingerprint density at radius 1 is 1.38 bits per heavy atom. The van der Waals surface area contributed by atoms with Crippen LogP contribution in [0.15, 0.2) is 42.6 Å². The topological polar surface area (TPSA) is 97.3 Å². The minimum Gasteiger partial charge on any atom is -0.374 e. The molecule has 0 fully saturated rings. The largest absolute Gasteiger partial charge is 0.374 e. The van der Waals surface area contributed by atoms with E-state index in [-0.39, 0.29) is 5.69 Å². The molecule has 0 saturated carbocycles. The highest BCUT2D eigenvalue weighted by Crippen LogP contribution is 2.26. The molecule has 110 valence electrons. The zero-order chi connectivity index (χ0) is 15.2. The molecule has 0 amide bonds. The van der Waals surface area contributed by atoms with Gasteiger partial charge in [-0.2, -0.15) is 0 Å². The number of hydrazine groups is 1. The first-order valence-corrected chi connectivity index (χ1v) is 6.47. The lowest BCUT2D eigenvalue weighted by molar-refractivity contribution is -0.384. The Kier molecular flexibility index (Phi) is 4.68. The molecule has 1 aromatic heterocycles. The minimum absolute atomic E-state index is 0.00476. The molecular weight excluding hydrogens is 270 g/mol. The summed E-state index contributed by atoms with van der Waals surface area (Å²) in [6.07, 6.45) is 2.50. The second-order valence-corrected chi connectivity index (χ2v) is 4.63. The molecule has 0 radical (unpaired) electrons. The summed E-state index contributed by atoms with van der Waals surface area (Å²) in [5.41, 5.74) is 4.66. The van der Waals surface area contributed by atoms with E-state index in [2.05, 4.69) is 10.4 Å². The Labute approximate surface area is 122 Å². The molecule has 0 saturated heterocycles. The van der Waals surface area contributed by atoms with E-state index in [0.717, 1.165) is 17.8 Å². The van der Waals surface area contributed by atoms with Crippen LogP contribution in [-0.4, -0.2) is 23.5 Å². The van der Waals surface area contributed by atoms with Gasteiger partial charge in [0, 0.05) is 49.7 Å². The number of nitrogens with one attached hydrogen (secondary N) is 1. The fourth-order valence-corrected chi connectivity index (χ4v) is 1.96. The number of aromatic nitrogens is 1. The fourth-order valence-electron chi connectivity index (χ4n) is 1.96. The van der Waals surface area contributed by atoms with E-state index in [1.807, 2.05) is 30.1 Å². The Morgan fingerprint density at radius 2 is 2.19 bits per heavy atom. The van der Waals surface area contributed by atoms with Crippen LogP contribution in [0.3, 0.4) is 0 Å². The van der Waals surface area contributed by atoms with Crippen molar-refractivity contribution in [3.63, 3.8) is 0 Å². The lowest BCUT2D eigenvalue weighted by atomic mass is 10.2. The lowest BCUT2D eigenvalue weighted by Gasteiger charge is -2.19. The quantitative estimate of drug-likeness (QED) is 0.479. The summed E-state index contributed by atoms with van der Waals surface area (Å²) in [7, 11) is 1.88. The van der Waals surface area contributed by atoms with Gasteiger partial charge in [-0.05, 0) is 18.2 Å².